The Balaban J connectivity index is 2.37. The molecule has 0 aliphatic carbocycles. The van der Waals surface area contributed by atoms with E-state index in [0.29, 0.717) is 0 Å². The quantitative estimate of drug-likeness (QED) is 0.730. The molecule has 1 saturated heterocycles. The van der Waals surface area contributed by atoms with Gasteiger partial charge in [-0.3, -0.25) is 4.90 Å². The molecule has 0 saturated carbocycles. The summed E-state index contributed by atoms with van der Waals surface area (Å²) in [7, 11) is 0. The summed E-state index contributed by atoms with van der Waals surface area (Å²) in [5.41, 5.74) is -0.572. The average molecular weight is 272 g/mol. The number of rotatable bonds is 7. The van der Waals surface area contributed by atoms with Crippen LogP contribution in [-0.4, -0.2) is 71.5 Å². The van der Waals surface area contributed by atoms with E-state index in [1.54, 1.807) is 0 Å². The lowest BCUT2D eigenvalue weighted by atomic mass is 9.86. The molecule has 0 radical (unpaired) electrons. The van der Waals surface area contributed by atoms with E-state index >= 15 is 0 Å². The van der Waals surface area contributed by atoms with Gasteiger partial charge in [0.25, 0.3) is 0 Å². The van der Waals surface area contributed by atoms with Crippen molar-refractivity contribution in [1.29, 1.82) is 0 Å². The van der Waals surface area contributed by atoms with Gasteiger partial charge in [-0.15, -0.1) is 0 Å². The minimum atomic E-state index is -0.607. The molecule has 4 nitrogen and oxygen atoms in total. The zero-order valence-electron chi connectivity index (χ0n) is 13.2. The van der Waals surface area contributed by atoms with Crippen LogP contribution in [0.1, 0.15) is 40.5 Å². The first-order valence-corrected chi connectivity index (χ1v) is 7.56. The van der Waals surface area contributed by atoms with Crippen molar-refractivity contribution in [2.45, 2.75) is 46.1 Å². The van der Waals surface area contributed by atoms with Crippen molar-refractivity contribution in [1.82, 2.24) is 9.80 Å². The van der Waals surface area contributed by atoms with Crippen LogP contribution in [0, 0.1) is 5.41 Å². The molecule has 0 aromatic carbocycles. The Labute approximate surface area is 118 Å². The Hall–Kier alpha value is -0.160. The molecule has 1 atom stereocenters. The van der Waals surface area contributed by atoms with Gasteiger partial charge in [-0.1, -0.05) is 20.3 Å². The second-order valence-electron chi connectivity index (χ2n) is 7.08. The largest absolute Gasteiger partial charge is 0.396 e. The molecule has 114 valence electrons. The van der Waals surface area contributed by atoms with Crippen LogP contribution in [0.25, 0.3) is 0 Å². The highest BCUT2D eigenvalue weighted by Gasteiger charge is 2.28. The van der Waals surface area contributed by atoms with Crippen molar-refractivity contribution in [3.05, 3.63) is 0 Å². The predicted molar refractivity (Wildman–Crippen MR) is 79.3 cm³/mol. The van der Waals surface area contributed by atoms with E-state index < -0.39 is 5.60 Å². The highest BCUT2D eigenvalue weighted by atomic mass is 16.3. The number of hydrogen-bond acceptors (Lipinski definition) is 4. The number of piperazine rings is 1. The Kier molecular flexibility index (Phi) is 6.24. The molecule has 0 aromatic heterocycles. The molecule has 1 rings (SSSR count). The van der Waals surface area contributed by atoms with E-state index in [4.69, 9.17) is 0 Å². The van der Waals surface area contributed by atoms with Crippen LogP contribution >= 0.6 is 0 Å². The SMILES string of the molecule is CCCC(C)(CO)CN1CCN(CC(C)(C)O)CC1. The molecule has 19 heavy (non-hydrogen) atoms. The van der Waals surface area contributed by atoms with Gasteiger partial charge in [0.15, 0.2) is 0 Å². The van der Waals surface area contributed by atoms with Gasteiger partial charge < -0.3 is 15.1 Å². The second kappa shape index (κ2) is 7.02. The van der Waals surface area contributed by atoms with E-state index in [-0.39, 0.29) is 12.0 Å². The number of β-amino-alcohol motifs (C(OH)–C–C–N with tert-alkyl or cyclic N) is 1. The molecule has 1 unspecified atom stereocenters. The molecule has 1 fully saturated rings. The van der Waals surface area contributed by atoms with Crippen molar-refractivity contribution in [2.24, 2.45) is 5.41 Å². The molecule has 1 aliphatic heterocycles. The third kappa shape index (κ3) is 6.21. The van der Waals surface area contributed by atoms with Crippen molar-refractivity contribution >= 4 is 0 Å². The molecule has 4 heteroatoms. The maximum Gasteiger partial charge on any atom is 0.0718 e. The first-order chi connectivity index (χ1) is 8.78. The van der Waals surface area contributed by atoms with Crippen molar-refractivity contribution in [2.75, 3.05) is 45.9 Å². The van der Waals surface area contributed by atoms with Crippen molar-refractivity contribution in [3.63, 3.8) is 0 Å². The normalized spacial score (nSPS) is 22.4. The molecule has 2 N–H and O–H groups in total. The molecule has 0 bridgehead atoms. The highest BCUT2D eigenvalue weighted by Crippen LogP contribution is 2.24. The Morgan fingerprint density at radius 1 is 0.947 bits per heavy atom. The van der Waals surface area contributed by atoms with Gasteiger partial charge in [0.1, 0.15) is 0 Å². The molecule has 1 aliphatic rings. The lowest BCUT2D eigenvalue weighted by molar-refractivity contribution is 0.00532. The van der Waals surface area contributed by atoms with Gasteiger partial charge in [0.05, 0.1) is 5.60 Å². The van der Waals surface area contributed by atoms with Crippen molar-refractivity contribution < 1.29 is 10.2 Å². The van der Waals surface area contributed by atoms with Gasteiger partial charge in [0, 0.05) is 51.3 Å². The maximum absolute atomic E-state index is 9.84. The summed E-state index contributed by atoms with van der Waals surface area (Å²) in [6.45, 7) is 14.2. The second-order valence-corrected chi connectivity index (χ2v) is 7.08. The van der Waals surface area contributed by atoms with E-state index in [1.807, 2.05) is 13.8 Å². The summed E-state index contributed by atoms with van der Waals surface area (Å²) >= 11 is 0. The maximum atomic E-state index is 9.84. The van der Waals surface area contributed by atoms with Gasteiger partial charge >= 0.3 is 0 Å². The van der Waals surface area contributed by atoms with Crippen LogP contribution in [0.4, 0.5) is 0 Å². The Morgan fingerprint density at radius 2 is 1.42 bits per heavy atom. The van der Waals surface area contributed by atoms with Crippen LogP contribution in [0.2, 0.25) is 0 Å². The third-order valence-corrected chi connectivity index (χ3v) is 3.92. The minimum Gasteiger partial charge on any atom is -0.396 e. The van der Waals surface area contributed by atoms with Crippen LogP contribution in [0.3, 0.4) is 0 Å². The average Bonchev–Trinajstić information content (AvgIpc) is 2.30. The predicted octanol–water partition coefficient (Wildman–Crippen LogP) is 1.17. The lowest BCUT2D eigenvalue weighted by Gasteiger charge is -2.41. The summed E-state index contributed by atoms with van der Waals surface area (Å²) in [5, 5.41) is 19.4. The molecule has 0 amide bonds. The summed E-state index contributed by atoms with van der Waals surface area (Å²) in [5.74, 6) is 0. The van der Waals surface area contributed by atoms with Crippen LogP contribution in [-0.2, 0) is 0 Å². The first-order valence-electron chi connectivity index (χ1n) is 7.56. The van der Waals surface area contributed by atoms with Gasteiger partial charge in [0.2, 0.25) is 0 Å². The van der Waals surface area contributed by atoms with E-state index in [0.717, 1.165) is 52.1 Å². The first kappa shape index (κ1) is 16.9. The number of nitrogens with zero attached hydrogens (tertiary/aromatic N) is 2. The van der Waals surface area contributed by atoms with Crippen LogP contribution in [0.5, 0.6) is 0 Å². The summed E-state index contributed by atoms with van der Waals surface area (Å²) in [6, 6.07) is 0. The fraction of sp³-hybridized carbons (Fsp3) is 1.00. The molecule has 1 heterocycles. The van der Waals surface area contributed by atoms with Crippen molar-refractivity contribution in [3.8, 4) is 0 Å². The van der Waals surface area contributed by atoms with Gasteiger partial charge in [-0.2, -0.15) is 0 Å². The lowest BCUT2D eigenvalue weighted by Crippen LogP contribution is -2.52. The number of hydrogen-bond donors (Lipinski definition) is 2. The monoisotopic (exact) mass is 272 g/mol. The zero-order chi connectivity index (χ0) is 14.5. The fourth-order valence-electron chi connectivity index (χ4n) is 3.00. The van der Waals surface area contributed by atoms with E-state index in [9.17, 15) is 10.2 Å². The number of aliphatic hydroxyl groups excluding tert-OH is 1. The summed E-state index contributed by atoms with van der Waals surface area (Å²) < 4.78 is 0. The van der Waals surface area contributed by atoms with Gasteiger partial charge in [-0.05, 0) is 20.3 Å². The standard InChI is InChI=1S/C15H32N2O2/c1-5-6-15(4,13-18)12-17-9-7-16(8-10-17)11-14(2,3)19/h18-19H,5-13H2,1-4H3. The zero-order valence-corrected chi connectivity index (χ0v) is 13.2. The third-order valence-electron chi connectivity index (χ3n) is 3.92. The molecular formula is C15H32N2O2. The molecule has 0 aromatic rings. The van der Waals surface area contributed by atoms with E-state index in [2.05, 4.69) is 23.6 Å². The highest BCUT2D eigenvalue weighted by molar-refractivity contribution is 4.82. The van der Waals surface area contributed by atoms with E-state index in [1.165, 1.54) is 0 Å². The fourth-order valence-corrected chi connectivity index (χ4v) is 3.00. The molecule has 0 spiro atoms. The topological polar surface area (TPSA) is 46.9 Å². The van der Waals surface area contributed by atoms with Crippen LogP contribution < -0.4 is 0 Å². The minimum absolute atomic E-state index is 0.0349. The smallest absolute Gasteiger partial charge is 0.0718 e. The Bertz CT molecular complexity index is 257. The van der Waals surface area contributed by atoms with Gasteiger partial charge in [-0.25, -0.2) is 0 Å². The number of aliphatic hydroxyl groups is 2. The van der Waals surface area contributed by atoms with Crippen LogP contribution in [0.15, 0.2) is 0 Å². The summed E-state index contributed by atoms with van der Waals surface area (Å²) in [6.07, 6.45) is 2.20. The summed E-state index contributed by atoms with van der Waals surface area (Å²) in [4.78, 5) is 4.78. The molecular weight excluding hydrogens is 240 g/mol. The Morgan fingerprint density at radius 3 is 1.79 bits per heavy atom.